The van der Waals surface area contributed by atoms with Crippen molar-refractivity contribution in [2.45, 2.75) is 44.9 Å². The van der Waals surface area contributed by atoms with E-state index in [0.29, 0.717) is 0 Å². The topological polar surface area (TPSA) is 25.8 Å². The molecule has 57 heavy (non-hydrogen) atoms. The Morgan fingerprint density at radius 1 is 0.491 bits per heavy atom. The van der Waals surface area contributed by atoms with Gasteiger partial charge < -0.3 is 0 Å². The lowest BCUT2D eigenvalue weighted by Crippen LogP contribution is -2.20. The first-order valence-electron chi connectivity index (χ1n) is 20.0. The zero-order valence-corrected chi connectivity index (χ0v) is 33.0. The molecule has 0 N–H and O–H groups in total. The molecule has 0 fully saturated rings. The summed E-state index contributed by atoms with van der Waals surface area (Å²) < 4.78 is 0. The van der Waals surface area contributed by atoms with Crippen molar-refractivity contribution < 1.29 is 0 Å². The molecule has 0 saturated heterocycles. The van der Waals surface area contributed by atoms with Gasteiger partial charge >= 0.3 is 0 Å². The van der Waals surface area contributed by atoms with E-state index in [1.165, 1.54) is 49.9 Å². The van der Waals surface area contributed by atoms with Crippen LogP contribution in [0.15, 0.2) is 182 Å². The Bertz CT molecular complexity index is 2980. The highest BCUT2D eigenvalue weighted by Crippen LogP contribution is 2.50. The Kier molecular flexibility index (Phi) is 8.09. The third-order valence-corrected chi connectivity index (χ3v) is 12.6. The Labute approximate surface area is 335 Å². The van der Waals surface area contributed by atoms with Crippen molar-refractivity contribution in [1.29, 1.82) is 0 Å². The monoisotopic (exact) mass is 732 g/mol. The van der Waals surface area contributed by atoms with Crippen molar-refractivity contribution in [2.24, 2.45) is 0 Å². The van der Waals surface area contributed by atoms with Gasteiger partial charge in [0.25, 0.3) is 0 Å². The minimum absolute atomic E-state index is 0.0921. The van der Waals surface area contributed by atoms with E-state index in [-0.39, 0.29) is 10.8 Å². The Morgan fingerprint density at radius 3 is 2.00 bits per heavy atom. The molecule has 8 aromatic rings. The van der Waals surface area contributed by atoms with Crippen LogP contribution in [0.2, 0.25) is 0 Å². The number of rotatable bonds is 4. The van der Waals surface area contributed by atoms with Gasteiger partial charge in [0.1, 0.15) is 0 Å². The maximum absolute atomic E-state index is 5.58. The van der Waals surface area contributed by atoms with Crippen LogP contribution in [0, 0.1) is 0 Å². The Morgan fingerprint density at radius 2 is 1.18 bits per heavy atom. The number of benzene rings is 6. The average Bonchev–Trinajstić information content (AvgIpc) is 3.50. The first kappa shape index (κ1) is 34.8. The minimum atomic E-state index is -0.248. The van der Waals surface area contributed by atoms with Crippen LogP contribution in [0.1, 0.15) is 49.9 Å². The lowest BCUT2D eigenvalue weighted by atomic mass is 9.75. The van der Waals surface area contributed by atoms with E-state index in [2.05, 4.69) is 191 Å². The van der Waals surface area contributed by atoms with Gasteiger partial charge in [-0.3, -0.25) is 4.98 Å². The predicted molar refractivity (Wildman–Crippen MR) is 241 cm³/mol. The fourth-order valence-electron chi connectivity index (χ4n) is 9.23. The summed E-state index contributed by atoms with van der Waals surface area (Å²) in [5.41, 5.74) is 18.6. The standard InChI is InChI=1S/C55H44N2/c1-35-15-7-6-8-16-37-24-27-40(32-49(37)54(35,2)3)52-34-46(36-22-25-38(26-23-36)51-21-13-14-30-56-51)47-33-45(41-17-9-10-19-44(41)53(47)57-52)39-28-29-43-42-18-11-12-20-48(42)55(4,5)50(43)31-39/h6-15,17-34H,1,16H2,2-5H3/b8-6-,15-7-. The highest BCUT2D eigenvalue weighted by molar-refractivity contribution is 6.16. The van der Waals surface area contributed by atoms with E-state index in [1.54, 1.807) is 0 Å². The SMILES string of the molecule is C=C1/C=C\C=C/Cc2ccc(-c3cc(-c4ccc(-c5ccccn5)cc4)c4cc(-c5ccc6c(c5)C(C)(C)c5ccccc5-6)c5ccccc5c4n3)cc2C1(C)C. The average molecular weight is 733 g/mol. The van der Waals surface area contributed by atoms with Crippen LogP contribution < -0.4 is 0 Å². The summed E-state index contributed by atoms with van der Waals surface area (Å²) in [6, 6.07) is 51.3. The van der Waals surface area contributed by atoms with E-state index in [1.807, 2.05) is 18.3 Å². The van der Waals surface area contributed by atoms with Crippen molar-refractivity contribution >= 4 is 21.7 Å². The van der Waals surface area contributed by atoms with Crippen LogP contribution in [0.4, 0.5) is 0 Å². The van der Waals surface area contributed by atoms with Gasteiger partial charge in [0, 0.05) is 38.9 Å². The molecule has 2 nitrogen and oxygen atoms in total. The summed E-state index contributed by atoms with van der Waals surface area (Å²) >= 11 is 0. The van der Waals surface area contributed by atoms with Crippen LogP contribution in [-0.4, -0.2) is 9.97 Å². The number of allylic oxidation sites excluding steroid dienone is 5. The number of fused-ring (bicyclic) bond motifs is 7. The molecule has 2 heterocycles. The highest BCUT2D eigenvalue weighted by Gasteiger charge is 2.35. The molecule has 0 amide bonds. The molecule has 0 bridgehead atoms. The molecule has 274 valence electrons. The van der Waals surface area contributed by atoms with Crippen molar-refractivity contribution in [3.05, 3.63) is 204 Å². The van der Waals surface area contributed by atoms with Crippen LogP contribution >= 0.6 is 0 Å². The third kappa shape index (κ3) is 5.70. The number of pyridine rings is 2. The number of hydrogen-bond donors (Lipinski definition) is 0. The molecule has 0 aliphatic heterocycles. The number of aromatic nitrogens is 2. The maximum Gasteiger partial charge on any atom is 0.0794 e. The summed E-state index contributed by atoms with van der Waals surface area (Å²) in [5, 5.41) is 3.48. The van der Waals surface area contributed by atoms with Gasteiger partial charge in [0.2, 0.25) is 0 Å². The summed E-state index contributed by atoms with van der Waals surface area (Å²) in [5.74, 6) is 0. The van der Waals surface area contributed by atoms with Gasteiger partial charge in [-0.05, 0) is 109 Å². The van der Waals surface area contributed by atoms with Gasteiger partial charge in [-0.15, -0.1) is 0 Å². The normalized spacial score (nSPS) is 16.2. The van der Waals surface area contributed by atoms with Crippen molar-refractivity contribution in [3.63, 3.8) is 0 Å². The molecule has 2 aliphatic carbocycles. The Hall–Kier alpha value is -6.64. The van der Waals surface area contributed by atoms with Crippen LogP contribution in [0.5, 0.6) is 0 Å². The predicted octanol–water partition coefficient (Wildman–Crippen LogP) is 14.3. The molecule has 0 saturated carbocycles. The van der Waals surface area contributed by atoms with E-state index in [9.17, 15) is 0 Å². The van der Waals surface area contributed by atoms with Gasteiger partial charge in [0.05, 0.1) is 16.9 Å². The fourth-order valence-corrected chi connectivity index (χ4v) is 9.23. The number of hydrogen-bond acceptors (Lipinski definition) is 2. The smallest absolute Gasteiger partial charge is 0.0794 e. The van der Waals surface area contributed by atoms with Gasteiger partial charge in [0.15, 0.2) is 0 Å². The van der Waals surface area contributed by atoms with Crippen molar-refractivity contribution in [2.75, 3.05) is 0 Å². The molecule has 0 radical (unpaired) electrons. The summed E-state index contributed by atoms with van der Waals surface area (Å²) in [6.45, 7) is 13.8. The first-order valence-corrected chi connectivity index (χ1v) is 20.0. The zero-order valence-electron chi connectivity index (χ0n) is 33.0. The molecule has 10 rings (SSSR count). The van der Waals surface area contributed by atoms with E-state index < -0.39 is 0 Å². The molecule has 2 aromatic heterocycles. The lowest BCUT2D eigenvalue weighted by Gasteiger charge is -2.29. The maximum atomic E-state index is 5.58. The molecular formula is C55H44N2. The van der Waals surface area contributed by atoms with Gasteiger partial charge in [-0.2, -0.15) is 0 Å². The third-order valence-electron chi connectivity index (χ3n) is 12.6. The van der Waals surface area contributed by atoms with Crippen molar-refractivity contribution in [3.8, 4) is 55.9 Å². The van der Waals surface area contributed by atoms with Crippen LogP contribution in [-0.2, 0) is 17.3 Å². The van der Waals surface area contributed by atoms with E-state index in [0.717, 1.165) is 61.9 Å². The van der Waals surface area contributed by atoms with E-state index in [4.69, 9.17) is 4.98 Å². The number of nitrogens with zero attached hydrogens (tertiary/aromatic N) is 2. The summed E-state index contributed by atoms with van der Waals surface area (Å²) in [6.07, 6.45) is 11.3. The second-order valence-electron chi connectivity index (χ2n) is 16.7. The van der Waals surface area contributed by atoms with Gasteiger partial charge in [-0.25, -0.2) is 4.98 Å². The molecule has 0 spiro atoms. The quantitative estimate of drug-likeness (QED) is 0.168. The van der Waals surface area contributed by atoms with Crippen LogP contribution in [0.25, 0.3) is 77.6 Å². The highest BCUT2D eigenvalue weighted by atomic mass is 14.7. The van der Waals surface area contributed by atoms with Crippen molar-refractivity contribution in [1.82, 2.24) is 9.97 Å². The largest absolute Gasteiger partial charge is 0.256 e. The first-order chi connectivity index (χ1) is 27.7. The molecule has 6 aromatic carbocycles. The second kappa shape index (κ2) is 13.2. The molecule has 0 unspecified atom stereocenters. The second-order valence-corrected chi connectivity index (χ2v) is 16.7. The van der Waals surface area contributed by atoms with Crippen LogP contribution in [0.3, 0.4) is 0 Å². The van der Waals surface area contributed by atoms with E-state index >= 15 is 0 Å². The summed E-state index contributed by atoms with van der Waals surface area (Å²) in [7, 11) is 0. The lowest BCUT2D eigenvalue weighted by molar-refractivity contribution is 0.635. The molecular weight excluding hydrogens is 689 g/mol. The zero-order chi connectivity index (χ0) is 38.9. The fraction of sp³-hybridized carbons (Fsp3) is 0.127. The summed E-state index contributed by atoms with van der Waals surface area (Å²) in [4.78, 5) is 10.2. The molecule has 0 atom stereocenters. The Balaban J connectivity index is 1.21. The molecule has 2 aliphatic rings. The van der Waals surface area contributed by atoms with Gasteiger partial charge in [-0.1, -0.05) is 162 Å². The minimum Gasteiger partial charge on any atom is -0.256 e. The molecule has 2 heteroatoms.